The van der Waals surface area contributed by atoms with Crippen molar-refractivity contribution in [1.82, 2.24) is 4.90 Å². The Morgan fingerprint density at radius 2 is 2.06 bits per heavy atom. The Balaban J connectivity index is 2.17. The molecule has 1 spiro atoms. The Hall–Kier alpha value is -1.03. The van der Waals surface area contributed by atoms with Gasteiger partial charge in [-0.3, -0.25) is 4.90 Å². The first-order chi connectivity index (χ1) is 8.38. The van der Waals surface area contributed by atoms with Crippen molar-refractivity contribution < 1.29 is 14.6 Å². The van der Waals surface area contributed by atoms with Gasteiger partial charge in [0.05, 0.1) is 18.2 Å². The fourth-order valence-corrected chi connectivity index (χ4v) is 2.99. The maximum absolute atomic E-state index is 12.4. The topological polar surface area (TPSA) is 49.8 Å². The molecule has 0 aromatic carbocycles. The van der Waals surface area contributed by atoms with Crippen LogP contribution in [0.4, 0.5) is 4.79 Å². The van der Waals surface area contributed by atoms with Crippen LogP contribution in [0, 0.1) is 0 Å². The Morgan fingerprint density at radius 1 is 1.44 bits per heavy atom. The van der Waals surface area contributed by atoms with Gasteiger partial charge >= 0.3 is 6.09 Å². The summed E-state index contributed by atoms with van der Waals surface area (Å²) in [5.41, 5.74) is -0.636. The molecule has 1 amide bonds. The molecule has 0 saturated carbocycles. The molecule has 1 fully saturated rings. The van der Waals surface area contributed by atoms with Gasteiger partial charge in [-0.2, -0.15) is 0 Å². The van der Waals surface area contributed by atoms with Crippen molar-refractivity contribution in [2.24, 2.45) is 0 Å². The molecule has 0 radical (unpaired) electrons. The highest BCUT2D eigenvalue weighted by atomic mass is 16.6. The zero-order chi connectivity index (χ0) is 13.4. The third kappa shape index (κ3) is 2.39. The van der Waals surface area contributed by atoms with Crippen LogP contribution in [0.25, 0.3) is 0 Å². The van der Waals surface area contributed by atoms with E-state index < -0.39 is 5.60 Å². The summed E-state index contributed by atoms with van der Waals surface area (Å²) in [5, 5.41) is 9.46. The SMILES string of the molecule is CC(C)(C)OC(=O)N1C(CO)CCC12CC=CC2. The van der Waals surface area contributed by atoms with E-state index in [1.165, 1.54) is 0 Å². The van der Waals surface area contributed by atoms with Gasteiger partial charge < -0.3 is 9.84 Å². The van der Waals surface area contributed by atoms with Crippen LogP contribution in [0.1, 0.15) is 46.5 Å². The van der Waals surface area contributed by atoms with Crippen molar-refractivity contribution in [2.45, 2.75) is 63.6 Å². The molecule has 4 heteroatoms. The molecule has 18 heavy (non-hydrogen) atoms. The third-order valence-corrected chi connectivity index (χ3v) is 3.78. The summed E-state index contributed by atoms with van der Waals surface area (Å²) in [7, 11) is 0. The molecule has 2 rings (SSSR count). The zero-order valence-electron chi connectivity index (χ0n) is 11.5. The van der Waals surface area contributed by atoms with E-state index in [-0.39, 0.29) is 24.3 Å². The highest BCUT2D eigenvalue weighted by Gasteiger charge is 2.49. The van der Waals surface area contributed by atoms with E-state index in [1.807, 2.05) is 20.8 Å². The first kappa shape index (κ1) is 13.4. The highest BCUT2D eigenvalue weighted by molar-refractivity contribution is 5.70. The Morgan fingerprint density at radius 3 is 2.56 bits per heavy atom. The number of carbonyl (C=O) groups excluding carboxylic acids is 1. The summed E-state index contributed by atoms with van der Waals surface area (Å²) in [6, 6.07) is -0.0975. The molecule has 2 aliphatic rings. The molecular weight excluding hydrogens is 230 g/mol. The molecule has 1 atom stereocenters. The van der Waals surface area contributed by atoms with Crippen LogP contribution < -0.4 is 0 Å². The fourth-order valence-electron chi connectivity index (χ4n) is 2.99. The van der Waals surface area contributed by atoms with Gasteiger partial charge in [0.25, 0.3) is 0 Å². The van der Waals surface area contributed by atoms with E-state index >= 15 is 0 Å². The number of likely N-dealkylation sites (tertiary alicyclic amines) is 1. The fraction of sp³-hybridized carbons (Fsp3) is 0.786. The van der Waals surface area contributed by atoms with Crippen molar-refractivity contribution in [3.05, 3.63) is 12.2 Å². The van der Waals surface area contributed by atoms with Crippen LogP contribution in [0.15, 0.2) is 12.2 Å². The largest absolute Gasteiger partial charge is 0.444 e. The summed E-state index contributed by atoms with van der Waals surface area (Å²) >= 11 is 0. The van der Waals surface area contributed by atoms with Gasteiger partial charge in [-0.1, -0.05) is 12.2 Å². The Labute approximate surface area is 109 Å². The van der Waals surface area contributed by atoms with E-state index in [0.29, 0.717) is 0 Å². The van der Waals surface area contributed by atoms with Crippen LogP contribution in [0.5, 0.6) is 0 Å². The average molecular weight is 253 g/mol. The lowest BCUT2D eigenvalue weighted by atomic mass is 9.94. The number of carbonyl (C=O) groups is 1. The lowest BCUT2D eigenvalue weighted by Crippen LogP contribution is -2.52. The lowest BCUT2D eigenvalue weighted by molar-refractivity contribution is -0.00664. The predicted molar refractivity (Wildman–Crippen MR) is 69.3 cm³/mol. The molecule has 1 aliphatic heterocycles. The second kappa shape index (κ2) is 4.57. The van der Waals surface area contributed by atoms with Gasteiger partial charge in [0.15, 0.2) is 0 Å². The number of aliphatic hydroxyl groups is 1. The minimum atomic E-state index is -0.493. The summed E-state index contributed by atoms with van der Waals surface area (Å²) in [5.74, 6) is 0. The Bertz CT molecular complexity index is 349. The molecule has 1 N–H and O–H groups in total. The van der Waals surface area contributed by atoms with Gasteiger partial charge in [-0.15, -0.1) is 0 Å². The first-order valence-electron chi connectivity index (χ1n) is 6.66. The third-order valence-electron chi connectivity index (χ3n) is 3.78. The predicted octanol–water partition coefficient (Wildman–Crippen LogP) is 2.47. The minimum absolute atomic E-state index is 0.0149. The lowest BCUT2D eigenvalue weighted by Gasteiger charge is -2.38. The second-order valence-corrected chi connectivity index (χ2v) is 6.33. The van der Waals surface area contributed by atoms with E-state index in [9.17, 15) is 9.90 Å². The van der Waals surface area contributed by atoms with Crippen molar-refractivity contribution in [1.29, 1.82) is 0 Å². The second-order valence-electron chi connectivity index (χ2n) is 6.33. The molecule has 4 nitrogen and oxygen atoms in total. The maximum Gasteiger partial charge on any atom is 0.411 e. The van der Waals surface area contributed by atoms with Crippen molar-refractivity contribution in [2.75, 3.05) is 6.61 Å². The number of aliphatic hydroxyl groups excluding tert-OH is 1. The van der Waals surface area contributed by atoms with Gasteiger partial charge in [0, 0.05) is 0 Å². The van der Waals surface area contributed by atoms with E-state index in [1.54, 1.807) is 4.90 Å². The molecule has 102 valence electrons. The first-order valence-corrected chi connectivity index (χ1v) is 6.66. The van der Waals surface area contributed by atoms with Crippen LogP contribution in [0.3, 0.4) is 0 Å². The van der Waals surface area contributed by atoms with E-state index in [0.717, 1.165) is 25.7 Å². The molecule has 1 aliphatic carbocycles. The molecule has 1 saturated heterocycles. The summed E-state index contributed by atoms with van der Waals surface area (Å²) in [6.07, 6.45) is 7.52. The number of rotatable bonds is 1. The number of ether oxygens (including phenoxy) is 1. The van der Waals surface area contributed by atoms with E-state index in [2.05, 4.69) is 12.2 Å². The monoisotopic (exact) mass is 253 g/mol. The smallest absolute Gasteiger partial charge is 0.411 e. The molecule has 0 aromatic heterocycles. The molecular formula is C14H23NO3. The zero-order valence-corrected chi connectivity index (χ0v) is 11.5. The number of hydrogen-bond donors (Lipinski definition) is 1. The molecule has 0 aromatic rings. The van der Waals surface area contributed by atoms with Crippen LogP contribution in [0.2, 0.25) is 0 Å². The van der Waals surface area contributed by atoms with Gasteiger partial charge in [0.2, 0.25) is 0 Å². The molecule has 1 heterocycles. The minimum Gasteiger partial charge on any atom is -0.444 e. The van der Waals surface area contributed by atoms with Crippen molar-refractivity contribution in [3.63, 3.8) is 0 Å². The van der Waals surface area contributed by atoms with Crippen molar-refractivity contribution >= 4 is 6.09 Å². The molecule has 1 unspecified atom stereocenters. The van der Waals surface area contributed by atoms with Gasteiger partial charge in [-0.25, -0.2) is 4.79 Å². The van der Waals surface area contributed by atoms with Crippen LogP contribution in [-0.2, 0) is 4.74 Å². The normalized spacial score (nSPS) is 26.0. The number of nitrogens with zero attached hydrogens (tertiary/aromatic N) is 1. The molecule has 0 bridgehead atoms. The van der Waals surface area contributed by atoms with Crippen LogP contribution in [-0.4, -0.2) is 39.9 Å². The average Bonchev–Trinajstić information content (AvgIpc) is 2.84. The quantitative estimate of drug-likeness (QED) is 0.730. The maximum atomic E-state index is 12.4. The van der Waals surface area contributed by atoms with E-state index in [4.69, 9.17) is 4.74 Å². The summed E-state index contributed by atoms with van der Waals surface area (Å²) in [4.78, 5) is 14.1. The Kier molecular flexibility index (Phi) is 3.41. The van der Waals surface area contributed by atoms with Crippen LogP contribution >= 0.6 is 0 Å². The van der Waals surface area contributed by atoms with Gasteiger partial charge in [0.1, 0.15) is 5.60 Å². The summed E-state index contributed by atoms with van der Waals surface area (Å²) < 4.78 is 5.49. The van der Waals surface area contributed by atoms with Gasteiger partial charge in [-0.05, 0) is 46.5 Å². The number of hydrogen-bond acceptors (Lipinski definition) is 3. The standard InChI is InChI=1S/C14H23NO3/c1-13(2,3)18-12(17)15-11(10-16)6-9-14(15)7-4-5-8-14/h4-5,11,16H,6-10H2,1-3H3. The summed E-state index contributed by atoms with van der Waals surface area (Å²) in [6.45, 7) is 5.62. The highest BCUT2D eigenvalue weighted by Crippen LogP contribution is 2.43. The number of amides is 1. The van der Waals surface area contributed by atoms with Crippen molar-refractivity contribution in [3.8, 4) is 0 Å².